The Morgan fingerprint density at radius 3 is 2.61 bits per heavy atom. The molecule has 9 heteroatoms. The number of benzene rings is 1. The zero-order valence-electron chi connectivity index (χ0n) is 17.2. The summed E-state index contributed by atoms with van der Waals surface area (Å²) in [5.41, 5.74) is 2.43. The lowest BCUT2D eigenvalue weighted by molar-refractivity contribution is -0.116. The van der Waals surface area contributed by atoms with E-state index < -0.39 is 17.9 Å². The van der Waals surface area contributed by atoms with E-state index >= 15 is 0 Å². The number of aromatic amines is 1. The van der Waals surface area contributed by atoms with E-state index in [1.165, 1.54) is 6.08 Å². The Balaban J connectivity index is 1.75. The molecule has 1 fully saturated rings. The molecule has 2 amide bonds. The van der Waals surface area contributed by atoms with E-state index in [0.717, 1.165) is 16.5 Å². The number of aryl methyl sites for hydroxylation is 1. The molecule has 160 valence electrons. The SMILES string of the molecule is CCn1ncc2c(Cl)cc(-c3ccc(C(/C=C4\OC(=O)NC4=O)C(C)C)c(=O)[nH]3)cc21. The predicted octanol–water partition coefficient (Wildman–Crippen LogP) is 3.95. The third-order valence-corrected chi connectivity index (χ3v) is 5.63. The van der Waals surface area contributed by atoms with Gasteiger partial charge in [-0.2, -0.15) is 5.10 Å². The van der Waals surface area contributed by atoms with Crippen molar-refractivity contribution >= 4 is 34.5 Å². The van der Waals surface area contributed by atoms with Crippen LogP contribution in [0.15, 0.2) is 47.1 Å². The van der Waals surface area contributed by atoms with Gasteiger partial charge < -0.3 is 9.72 Å². The molecule has 31 heavy (non-hydrogen) atoms. The number of alkyl carbamates (subject to hydrolysis) is 1. The number of rotatable bonds is 5. The van der Waals surface area contributed by atoms with Gasteiger partial charge in [0.1, 0.15) is 0 Å². The van der Waals surface area contributed by atoms with Crippen LogP contribution in [0.5, 0.6) is 0 Å². The van der Waals surface area contributed by atoms with Crippen molar-refractivity contribution in [3.63, 3.8) is 0 Å². The summed E-state index contributed by atoms with van der Waals surface area (Å²) in [5, 5.41) is 7.79. The number of nitrogens with zero attached hydrogens (tertiary/aromatic N) is 2. The number of aromatic nitrogens is 3. The number of carbonyl (C=O) groups excluding carboxylic acids is 2. The Morgan fingerprint density at radius 1 is 1.23 bits per heavy atom. The molecule has 0 radical (unpaired) electrons. The Hall–Kier alpha value is -3.39. The normalized spacial score (nSPS) is 16.2. The van der Waals surface area contributed by atoms with Crippen LogP contribution in [0, 0.1) is 5.92 Å². The topological polar surface area (TPSA) is 106 Å². The lowest BCUT2D eigenvalue weighted by atomic mass is 9.88. The number of ether oxygens (including phenoxy) is 1. The monoisotopic (exact) mass is 440 g/mol. The summed E-state index contributed by atoms with van der Waals surface area (Å²) < 4.78 is 6.74. The smallest absolute Gasteiger partial charge is 0.404 e. The fourth-order valence-electron chi connectivity index (χ4n) is 3.70. The van der Waals surface area contributed by atoms with Crippen LogP contribution in [0.25, 0.3) is 22.2 Å². The van der Waals surface area contributed by atoms with E-state index in [1.807, 2.05) is 31.5 Å². The van der Waals surface area contributed by atoms with Crippen LogP contribution in [-0.2, 0) is 16.1 Å². The maximum absolute atomic E-state index is 13.0. The first kappa shape index (κ1) is 20.9. The highest BCUT2D eigenvalue weighted by atomic mass is 35.5. The molecule has 1 unspecified atom stereocenters. The van der Waals surface area contributed by atoms with Gasteiger partial charge in [0.05, 0.1) is 16.7 Å². The number of hydrogen-bond donors (Lipinski definition) is 2. The Bertz CT molecular complexity index is 1290. The number of imide groups is 1. The molecular formula is C22H21ClN4O4. The van der Waals surface area contributed by atoms with Gasteiger partial charge in [-0.05, 0) is 37.1 Å². The first-order valence-electron chi connectivity index (χ1n) is 9.92. The second kappa shape index (κ2) is 8.03. The summed E-state index contributed by atoms with van der Waals surface area (Å²) in [6.45, 7) is 6.53. The minimum atomic E-state index is -0.818. The molecule has 2 aromatic heterocycles. The van der Waals surface area contributed by atoms with Gasteiger partial charge in [-0.15, -0.1) is 0 Å². The fourth-order valence-corrected chi connectivity index (χ4v) is 3.96. The van der Waals surface area contributed by atoms with Crippen LogP contribution in [0.2, 0.25) is 5.02 Å². The van der Waals surface area contributed by atoms with Crippen LogP contribution in [0.3, 0.4) is 0 Å². The average molecular weight is 441 g/mol. The van der Waals surface area contributed by atoms with E-state index in [4.69, 9.17) is 16.3 Å². The van der Waals surface area contributed by atoms with Crippen molar-refractivity contribution < 1.29 is 14.3 Å². The molecule has 0 saturated carbocycles. The second-order valence-corrected chi connectivity index (χ2v) is 8.06. The van der Waals surface area contributed by atoms with Crippen LogP contribution in [0.4, 0.5) is 4.79 Å². The summed E-state index contributed by atoms with van der Waals surface area (Å²) in [6.07, 6.45) is 2.42. The van der Waals surface area contributed by atoms with Crippen LogP contribution in [-0.4, -0.2) is 26.8 Å². The minimum Gasteiger partial charge on any atom is -0.404 e. The van der Waals surface area contributed by atoms with Crippen molar-refractivity contribution in [1.82, 2.24) is 20.1 Å². The van der Waals surface area contributed by atoms with Crippen molar-refractivity contribution in [2.75, 3.05) is 0 Å². The molecule has 1 aromatic carbocycles. The third-order valence-electron chi connectivity index (χ3n) is 5.31. The zero-order chi connectivity index (χ0) is 22.3. The van der Waals surface area contributed by atoms with Gasteiger partial charge in [0.25, 0.3) is 11.5 Å². The summed E-state index contributed by atoms with van der Waals surface area (Å²) in [7, 11) is 0. The lowest BCUT2D eigenvalue weighted by Crippen LogP contribution is -2.21. The summed E-state index contributed by atoms with van der Waals surface area (Å²) >= 11 is 6.43. The molecule has 8 nitrogen and oxygen atoms in total. The standard InChI is InChI=1S/C22H21ClN4O4/c1-4-27-18-8-12(7-16(23)15(18)10-24-27)17-6-5-13(20(28)25-17)14(11(2)3)9-19-21(29)26-22(30)31-19/h5-11,14H,4H2,1-3H3,(H,25,28)(H,26,29,30)/b19-9-. The van der Waals surface area contributed by atoms with Crippen molar-refractivity contribution in [2.24, 2.45) is 5.92 Å². The molecule has 1 aliphatic rings. The fraction of sp³-hybridized carbons (Fsp3) is 0.273. The van der Waals surface area contributed by atoms with Gasteiger partial charge in [-0.1, -0.05) is 31.5 Å². The highest BCUT2D eigenvalue weighted by molar-refractivity contribution is 6.35. The van der Waals surface area contributed by atoms with Crippen LogP contribution in [0.1, 0.15) is 32.3 Å². The molecule has 1 aliphatic heterocycles. The number of nitrogens with one attached hydrogen (secondary N) is 2. The molecule has 0 bridgehead atoms. The minimum absolute atomic E-state index is 0.0174. The molecule has 3 aromatic rings. The number of H-pyrrole nitrogens is 1. The van der Waals surface area contributed by atoms with E-state index in [1.54, 1.807) is 24.4 Å². The van der Waals surface area contributed by atoms with Gasteiger partial charge >= 0.3 is 6.09 Å². The van der Waals surface area contributed by atoms with Crippen LogP contribution >= 0.6 is 11.6 Å². The number of amides is 2. The largest absolute Gasteiger partial charge is 0.419 e. The molecular weight excluding hydrogens is 420 g/mol. The molecule has 4 rings (SSSR count). The van der Waals surface area contributed by atoms with Gasteiger partial charge in [-0.3, -0.25) is 19.6 Å². The maximum atomic E-state index is 13.0. The van der Waals surface area contributed by atoms with E-state index in [0.29, 0.717) is 22.8 Å². The van der Waals surface area contributed by atoms with Gasteiger partial charge in [0.15, 0.2) is 5.76 Å². The van der Waals surface area contributed by atoms with Crippen molar-refractivity contribution in [3.8, 4) is 11.3 Å². The number of hydrogen-bond acceptors (Lipinski definition) is 5. The van der Waals surface area contributed by atoms with Crippen LogP contribution < -0.4 is 10.9 Å². The van der Waals surface area contributed by atoms with Gasteiger partial charge in [0.2, 0.25) is 0 Å². The maximum Gasteiger partial charge on any atom is 0.419 e. The Morgan fingerprint density at radius 2 is 2.00 bits per heavy atom. The molecule has 1 saturated heterocycles. The quantitative estimate of drug-likeness (QED) is 0.584. The van der Waals surface area contributed by atoms with Gasteiger partial charge in [0, 0.05) is 34.7 Å². The number of cyclic esters (lactones) is 1. The zero-order valence-corrected chi connectivity index (χ0v) is 18.0. The van der Waals surface area contributed by atoms with Gasteiger partial charge in [-0.25, -0.2) is 4.79 Å². The average Bonchev–Trinajstić information content (AvgIpc) is 3.28. The summed E-state index contributed by atoms with van der Waals surface area (Å²) in [5.74, 6) is -1.15. The van der Waals surface area contributed by atoms with E-state index in [2.05, 4.69) is 15.4 Å². The van der Waals surface area contributed by atoms with E-state index in [-0.39, 0.29) is 17.2 Å². The van der Waals surface area contributed by atoms with E-state index in [9.17, 15) is 14.4 Å². The van der Waals surface area contributed by atoms with Crippen molar-refractivity contribution in [2.45, 2.75) is 33.2 Å². The first-order chi connectivity index (χ1) is 14.8. The third kappa shape index (κ3) is 3.86. The molecule has 2 N–H and O–H groups in total. The molecule has 0 spiro atoms. The summed E-state index contributed by atoms with van der Waals surface area (Å²) in [4.78, 5) is 39.0. The number of carbonyl (C=O) groups is 2. The number of fused-ring (bicyclic) bond motifs is 1. The Kier molecular flexibility index (Phi) is 5.41. The van der Waals surface area contributed by atoms with Crippen molar-refractivity contribution in [1.29, 1.82) is 0 Å². The second-order valence-electron chi connectivity index (χ2n) is 7.65. The summed E-state index contributed by atoms with van der Waals surface area (Å²) in [6, 6.07) is 7.25. The molecule has 3 heterocycles. The van der Waals surface area contributed by atoms with Crippen molar-refractivity contribution in [3.05, 3.63) is 63.2 Å². The lowest BCUT2D eigenvalue weighted by Gasteiger charge is -2.17. The molecule has 0 aliphatic carbocycles. The number of pyridine rings is 1. The predicted molar refractivity (Wildman–Crippen MR) is 117 cm³/mol. The Labute approximate surface area is 182 Å². The number of halogens is 1. The highest BCUT2D eigenvalue weighted by Crippen LogP contribution is 2.31. The number of allylic oxidation sites excluding steroid dienone is 1. The molecule has 1 atom stereocenters. The first-order valence-corrected chi connectivity index (χ1v) is 10.3. The highest BCUT2D eigenvalue weighted by Gasteiger charge is 2.29.